The number of halogens is 1. The number of anilines is 1. The molecule has 1 heterocycles. The van der Waals surface area contributed by atoms with Gasteiger partial charge in [-0.3, -0.25) is 9.69 Å². The fourth-order valence-electron chi connectivity index (χ4n) is 1.72. The zero-order chi connectivity index (χ0) is 13.7. The predicted octanol–water partition coefficient (Wildman–Crippen LogP) is 3.00. The Morgan fingerprint density at radius 3 is 2.79 bits per heavy atom. The van der Waals surface area contributed by atoms with Gasteiger partial charge in [-0.05, 0) is 31.3 Å². The van der Waals surface area contributed by atoms with E-state index in [9.17, 15) is 4.79 Å². The summed E-state index contributed by atoms with van der Waals surface area (Å²) in [5.41, 5.74) is 0.626. The SMILES string of the molecule is CN(CC(=O)Nc1ccccc1Cl)Cc1ccco1. The largest absolute Gasteiger partial charge is 0.468 e. The Morgan fingerprint density at radius 2 is 2.11 bits per heavy atom. The first-order chi connectivity index (χ1) is 9.15. The molecule has 0 unspecified atom stereocenters. The number of rotatable bonds is 5. The van der Waals surface area contributed by atoms with Gasteiger partial charge < -0.3 is 9.73 Å². The van der Waals surface area contributed by atoms with Crippen molar-refractivity contribution in [3.8, 4) is 0 Å². The van der Waals surface area contributed by atoms with Crippen LogP contribution in [0.2, 0.25) is 5.02 Å². The van der Waals surface area contributed by atoms with Crippen molar-refractivity contribution in [2.24, 2.45) is 0 Å². The van der Waals surface area contributed by atoms with E-state index >= 15 is 0 Å². The highest BCUT2D eigenvalue weighted by molar-refractivity contribution is 6.33. The van der Waals surface area contributed by atoms with Gasteiger partial charge in [0.2, 0.25) is 5.91 Å². The Morgan fingerprint density at radius 1 is 1.32 bits per heavy atom. The van der Waals surface area contributed by atoms with Crippen LogP contribution < -0.4 is 5.32 Å². The molecule has 5 heteroatoms. The minimum Gasteiger partial charge on any atom is -0.468 e. The number of likely N-dealkylation sites (N-methyl/N-ethyl adjacent to an activating group) is 1. The topological polar surface area (TPSA) is 45.5 Å². The number of hydrogen-bond acceptors (Lipinski definition) is 3. The third-order valence-electron chi connectivity index (χ3n) is 2.57. The van der Waals surface area contributed by atoms with Gasteiger partial charge in [0.25, 0.3) is 0 Å². The van der Waals surface area contributed by atoms with Crippen LogP contribution in [0.3, 0.4) is 0 Å². The van der Waals surface area contributed by atoms with Crippen LogP contribution in [0.15, 0.2) is 47.1 Å². The fourth-order valence-corrected chi connectivity index (χ4v) is 1.90. The van der Waals surface area contributed by atoms with E-state index in [1.165, 1.54) is 0 Å². The van der Waals surface area contributed by atoms with Crippen LogP contribution in [0.1, 0.15) is 5.76 Å². The van der Waals surface area contributed by atoms with Gasteiger partial charge in [-0.2, -0.15) is 0 Å². The van der Waals surface area contributed by atoms with Crippen molar-refractivity contribution in [3.63, 3.8) is 0 Å². The van der Waals surface area contributed by atoms with Gasteiger partial charge in [0.15, 0.2) is 0 Å². The summed E-state index contributed by atoms with van der Waals surface area (Å²) in [4.78, 5) is 13.7. The molecular weight excluding hydrogens is 264 g/mol. The minimum absolute atomic E-state index is 0.109. The molecule has 0 spiro atoms. The highest BCUT2D eigenvalue weighted by atomic mass is 35.5. The van der Waals surface area contributed by atoms with Crippen LogP contribution in [0.25, 0.3) is 0 Å². The average Bonchev–Trinajstić information content (AvgIpc) is 2.84. The molecule has 2 rings (SSSR count). The number of hydrogen-bond donors (Lipinski definition) is 1. The first-order valence-corrected chi connectivity index (χ1v) is 6.28. The second-order valence-corrected chi connectivity index (χ2v) is 4.69. The number of carbonyl (C=O) groups excluding carboxylic acids is 1. The first-order valence-electron chi connectivity index (χ1n) is 5.90. The van der Waals surface area contributed by atoms with Crippen molar-refractivity contribution >= 4 is 23.2 Å². The lowest BCUT2D eigenvalue weighted by Crippen LogP contribution is -2.29. The molecule has 0 radical (unpaired) electrons. The standard InChI is InChI=1S/C14H15ClN2O2/c1-17(9-11-5-4-8-19-11)10-14(18)16-13-7-3-2-6-12(13)15/h2-8H,9-10H2,1H3,(H,16,18). The lowest BCUT2D eigenvalue weighted by molar-refractivity contribution is -0.117. The molecule has 4 nitrogen and oxygen atoms in total. The number of furan rings is 1. The molecule has 0 aliphatic rings. The van der Waals surface area contributed by atoms with Crippen molar-refractivity contribution in [2.75, 3.05) is 18.9 Å². The number of nitrogens with zero attached hydrogens (tertiary/aromatic N) is 1. The molecule has 19 heavy (non-hydrogen) atoms. The molecule has 2 aromatic rings. The molecule has 100 valence electrons. The lowest BCUT2D eigenvalue weighted by atomic mass is 10.3. The Labute approximate surface area is 117 Å². The van der Waals surface area contributed by atoms with E-state index in [0.29, 0.717) is 17.3 Å². The Hall–Kier alpha value is -1.78. The van der Waals surface area contributed by atoms with Crippen molar-refractivity contribution in [3.05, 3.63) is 53.4 Å². The number of para-hydroxylation sites is 1. The van der Waals surface area contributed by atoms with Crippen molar-refractivity contribution in [1.82, 2.24) is 4.90 Å². The zero-order valence-electron chi connectivity index (χ0n) is 10.6. The van der Waals surface area contributed by atoms with Gasteiger partial charge in [0, 0.05) is 0 Å². The van der Waals surface area contributed by atoms with Crippen molar-refractivity contribution in [2.45, 2.75) is 6.54 Å². The first kappa shape index (κ1) is 13.6. The molecule has 0 bridgehead atoms. The van der Waals surface area contributed by atoms with Gasteiger partial charge >= 0.3 is 0 Å². The molecule has 1 aromatic carbocycles. The number of nitrogens with one attached hydrogen (secondary N) is 1. The molecule has 1 aromatic heterocycles. The summed E-state index contributed by atoms with van der Waals surface area (Å²) in [5.74, 6) is 0.718. The van der Waals surface area contributed by atoms with Crippen molar-refractivity contribution in [1.29, 1.82) is 0 Å². The van der Waals surface area contributed by atoms with Crippen LogP contribution in [0.5, 0.6) is 0 Å². The van der Waals surface area contributed by atoms with Crippen LogP contribution >= 0.6 is 11.6 Å². The Bertz CT molecular complexity index is 540. The van der Waals surface area contributed by atoms with E-state index in [-0.39, 0.29) is 12.5 Å². The zero-order valence-corrected chi connectivity index (χ0v) is 11.4. The fraction of sp³-hybridized carbons (Fsp3) is 0.214. The maximum absolute atomic E-state index is 11.9. The normalized spacial score (nSPS) is 10.7. The van der Waals surface area contributed by atoms with E-state index in [2.05, 4.69) is 5.32 Å². The molecule has 0 aliphatic heterocycles. The van der Waals surface area contributed by atoms with Crippen LogP contribution in [0, 0.1) is 0 Å². The summed E-state index contributed by atoms with van der Waals surface area (Å²) in [6.07, 6.45) is 1.62. The third kappa shape index (κ3) is 4.12. The monoisotopic (exact) mass is 278 g/mol. The maximum atomic E-state index is 11.9. The van der Waals surface area contributed by atoms with Crippen LogP contribution in [-0.4, -0.2) is 24.4 Å². The molecule has 0 fully saturated rings. The minimum atomic E-state index is -0.109. The molecular formula is C14H15ClN2O2. The molecule has 0 aliphatic carbocycles. The Kier molecular flexibility index (Phi) is 4.60. The molecule has 0 saturated carbocycles. The maximum Gasteiger partial charge on any atom is 0.238 e. The molecule has 1 N–H and O–H groups in total. The molecule has 0 atom stereocenters. The second-order valence-electron chi connectivity index (χ2n) is 4.28. The van der Waals surface area contributed by atoms with Crippen molar-refractivity contribution < 1.29 is 9.21 Å². The van der Waals surface area contributed by atoms with Gasteiger partial charge in [-0.15, -0.1) is 0 Å². The quantitative estimate of drug-likeness (QED) is 0.914. The smallest absolute Gasteiger partial charge is 0.238 e. The van der Waals surface area contributed by atoms with Crippen LogP contribution in [0.4, 0.5) is 5.69 Å². The summed E-state index contributed by atoms with van der Waals surface area (Å²) in [5, 5.41) is 3.31. The summed E-state index contributed by atoms with van der Waals surface area (Å²) < 4.78 is 5.23. The third-order valence-corrected chi connectivity index (χ3v) is 2.90. The Balaban J connectivity index is 1.86. The number of benzene rings is 1. The average molecular weight is 279 g/mol. The summed E-state index contributed by atoms with van der Waals surface area (Å²) in [7, 11) is 1.86. The van der Waals surface area contributed by atoms with Gasteiger partial charge in [-0.25, -0.2) is 0 Å². The molecule has 1 amide bonds. The van der Waals surface area contributed by atoms with E-state index in [0.717, 1.165) is 5.76 Å². The summed E-state index contributed by atoms with van der Waals surface area (Å²) in [6, 6.07) is 10.9. The van der Waals surface area contributed by atoms with Gasteiger partial charge in [0.05, 0.1) is 30.1 Å². The highest BCUT2D eigenvalue weighted by Crippen LogP contribution is 2.20. The summed E-state index contributed by atoms with van der Waals surface area (Å²) in [6.45, 7) is 0.856. The van der Waals surface area contributed by atoms with Crippen LogP contribution in [-0.2, 0) is 11.3 Å². The lowest BCUT2D eigenvalue weighted by Gasteiger charge is -2.15. The summed E-state index contributed by atoms with van der Waals surface area (Å²) >= 11 is 5.98. The van der Waals surface area contributed by atoms with E-state index < -0.39 is 0 Å². The highest BCUT2D eigenvalue weighted by Gasteiger charge is 2.09. The predicted molar refractivity (Wildman–Crippen MR) is 75.1 cm³/mol. The number of amides is 1. The van der Waals surface area contributed by atoms with Gasteiger partial charge in [-0.1, -0.05) is 23.7 Å². The second kappa shape index (κ2) is 6.41. The molecule has 0 saturated heterocycles. The van der Waals surface area contributed by atoms with Gasteiger partial charge in [0.1, 0.15) is 5.76 Å². The van der Waals surface area contributed by atoms with E-state index in [1.807, 2.05) is 36.2 Å². The number of carbonyl (C=O) groups is 1. The van der Waals surface area contributed by atoms with E-state index in [1.54, 1.807) is 18.4 Å². The van der Waals surface area contributed by atoms with E-state index in [4.69, 9.17) is 16.0 Å².